The number of amides is 1. The molecule has 0 aliphatic rings. The van der Waals surface area contributed by atoms with Crippen LogP contribution in [0, 0.1) is 22.9 Å². The summed E-state index contributed by atoms with van der Waals surface area (Å²) in [5.41, 5.74) is 6.62. The molecule has 0 saturated heterocycles. The summed E-state index contributed by atoms with van der Waals surface area (Å²) in [5, 5.41) is 15.6. The first-order valence-corrected chi connectivity index (χ1v) is 8.10. The van der Waals surface area contributed by atoms with Crippen molar-refractivity contribution >= 4 is 11.6 Å². The monoisotopic (exact) mass is 369 g/mol. The molecule has 2 aromatic heterocycles. The molecule has 138 valence electrons. The number of nitrogens with two attached hydrogens (primary N) is 1. The van der Waals surface area contributed by atoms with Crippen molar-refractivity contribution in [3.63, 3.8) is 0 Å². The van der Waals surface area contributed by atoms with Gasteiger partial charge in [-0.1, -0.05) is 0 Å². The predicted octanol–water partition coefficient (Wildman–Crippen LogP) is 3.09. The zero-order chi connectivity index (χ0) is 19.7. The number of carbonyl (C=O) groups excluding carboxylic acids is 1. The Morgan fingerprint density at radius 2 is 2.07 bits per heavy atom. The van der Waals surface area contributed by atoms with E-state index >= 15 is 0 Å². The molecule has 2 N–H and O–H groups in total. The van der Waals surface area contributed by atoms with Crippen molar-refractivity contribution in [2.24, 2.45) is 5.73 Å². The first-order valence-electron chi connectivity index (χ1n) is 8.10. The third-order valence-electron chi connectivity index (χ3n) is 4.07. The molecular formula is C18H16FN5O3. The summed E-state index contributed by atoms with van der Waals surface area (Å²) in [4.78, 5) is 26.2. The van der Waals surface area contributed by atoms with Gasteiger partial charge in [-0.3, -0.25) is 24.6 Å². The largest absolute Gasteiger partial charge is 0.366 e. The summed E-state index contributed by atoms with van der Waals surface area (Å²) < 4.78 is 16.4. The van der Waals surface area contributed by atoms with Crippen molar-refractivity contribution in [3.05, 3.63) is 63.7 Å². The van der Waals surface area contributed by atoms with E-state index in [9.17, 15) is 19.3 Å². The molecule has 0 atom stereocenters. The second kappa shape index (κ2) is 6.94. The molecule has 0 spiro atoms. The Morgan fingerprint density at radius 1 is 1.33 bits per heavy atom. The van der Waals surface area contributed by atoms with Gasteiger partial charge in [0.05, 0.1) is 21.9 Å². The lowest BCUT2D eigenvalue weighted by Crippen LogP contribution is -2.11. The van der Waals surface area contributed by atoms with Gasteiger partial charge in [0.1, 0.15) is 5.69 Å². The number of benzene rings is 1. The minimum Gasteiger partial charge on any atom is -0.366 e. The van der Waals surface area contributed by atoms with Crippen molar-refractivity contribution in [2.75, 3.05) is 0 Å². The topological polar surface area (TPSA) is 117 Å². The fourth-order valence-corrected chi connectivity index (χ4v) is 2.83. The number of aromatic nitrogens is 3. The number of pyridine rings is 1. The van der Waals surface area contributed by atoms with Gasteiger partial charge >= 0.3 is 0 Å². The lowest BCUT2D eigenvalue weighted by Gasteiger charge is -2.08. The van der Waals surface area contributed by atoms with E-state index in [1.54, 1.807) is 17.7 Å². The maximum atomic E-state index is 14.8. The minimum atomic E-state index is -0.737. The van der Waals surface area contributed by atoms with Gasteiger partial charge < -0.3 is 5.73 Å². The molecule has 27 heavy (non-hydrogen) atoms. The summed E-state index contributed by atoms with van der Waals surface area (Å²) >= 11 is 0. The number of carbonyl (C=O) groups is 1. The molecule has 0 fully saturated rings. The number of nitrogens with zero attached hydrogens (tertiary/aromatic N) is 4. The number of nitro benzene ring substituents is 1. The van der Waals surface area contributed by atoms with Gasteiger partial charge in [0, 0.05) is 29.9 Å². The first-order chi connectivity index (χ1) is 12.8. The van der Waals surface area contributed by atoms with Crippen molar-refractivity contribution in [1.29, 1.82) is 0 Å². The maximum Gasteiger partial charge on any atom is 0.277 e. The molecule has 0 unspecified atom stereocenters. The van der Waals surface area contributed by atoms with E-state index in [4.69, 9.17) is 5.73 Å². The molecule has 0 saturated carbocycles. The Labute approximate surface area is 153 Å². The van der Waals surface area contributed by atoms with Gasteiger partial charge in [-0.2, -0.15) is 5.10 Å². The van der Waals surface area contributed by atoms with Crippen LogP contribution in [-0.2, 0) is 6.54 Å². The molecule has 1 amide bonds. The third-order valence-corrected chi connectivity index (χ3v) is 4.07. The number of hydrogen-bond acceptors (Lipinski definition) is 5. The number of aryl methyl sites for hydroxylation is 2. The van der Waals surface area contributed by atoms with Crippen molar-refractivity contribution < 1.29 is 14.1 Å². The Hall–Kier alpha value is -3.62. The molecule has 3 rings (SSSR count). The maximum absolute atomic E-state index is 14.8. The Balaban J connectivity index is 2.14. The van der Waals surface area contributed by atoms with Crippen LogP contribution in [0.25, 0.3) is 22.5 Å². The summed E-state index contributed by atoms with van der Waals surface area (Å²) in [6.45, 7) is 4.21. The van der Waals surface area contributed by atoms with Crippen molar-refractivity contribution in [3.8, 4) is 22.5 Å². The van der Waals surface area contributed by atoms with Crippen LogP contribution in [0.5, 0.6) is 0 Å². The molecule has 9 heteroatoms. The van der Waals surface area contributed by atoms with Crippen molar-refractivity contribution in [1.82, 2.24) is 14.8 Å². The average Bonchev–Trinajstić information content (AvgIpc) is 3.01. The Bertz CT molecular complexity index is 1060. The summed E-state index contributed by atoms with van der Waals surface area (Å²) in [7, 11) is 0. The highest BCUT2D eigenvalue weighted by Gasteiger charge is 2.20. The van der Waals surface area contributed by atoms with Crippen LogP contribution >= 0.6 is 0 Å². The van der Waals surface area contributed by atoms with Crippen LogP contribution in [-0.4, -0.2) is 25.6 Å². The van der Waals surface area contributed by atoms with Crippen LogP contribution in [0.4, 0.5) is 10.1 Å². The van der Waals surface area contributed by atoms with Gasteiger partial charge in [-0.15, -0.1) is 0 Å². The third kappa shape index (κ3) is 3.39. The fourth-order valence-electron chi connectivity index (χ4n) is 2.83. The number of hydrogen-bond donors (Lipinski definition) is 1. The van der Waals surface area contributed by atoms with Crippen LogP contribution in [0.1, 0.15) is 23.0 Å². The molecule has 0 aliphatic heterocycles. The Kier molecular flexibility index (Phi) is 4.68. The van der Waals surface area contributed by atoms with E-state index in [0.717, 1.165) is 17.8 Å². The zero-order valence-corrected chi connectivity index (χ0v) is 14.6. The predicted molar refractivity (Wildman–Crippen MR) is 96.4 cm³/mol. The molecule has 8 nitrogen and oxygen atoms in total. The number of rotatable bonds is 5. The average molecular weight is 369 g/mol. The lowest BCUT2D eigenvalue weighted by molar-refractivity contribution is -0.384. The molecule has 0 bridgehead atoms. The fraction of sp³-hybridized carbons (Fsp3) is 0.167. The highest BCUT2D eigenvalue weighted by atomic mass is 19.1. The van der Waals surface area contributed by atoms with Crippen molar-refractivity contribution in [2.45, 2.75) is 20.4 Å². The molecule has 2 heterocycles. The normalized spacial score (nSPS) is 10.8. The van der Waals surface area contributed by atoms with E-state index in [0.29, 0.717) is 12.2 Å². The molecule has 3 aromatic rings. The lowest BCUT2D eigenvalue weighted by atomic mass is 10.0. The highest BCUT2D eigenvalue weighted by Crippen LogP contribution is 2.32. The minimum absolute atomic E-state index is 0.0643. The van der Waals surface area contributed by atoms with Gasteiger partial charge in [0.15, 0.2) is 5.82 Å². The smallest absolute Gasteiger partial charge is 0.277 e. The standard InChI is InChI=1S/C18H16FN5O3/c1-3-23-16(6-10(2)22-23)17-14(19)8-12(9-21-17)13-7-11(18(20)25)4-5-15(13)24(26)27/h4-9H,3H2,1-2H3,(H2,20,25). The van der Waals surface area contributed by atoms with Gasteiger partial charge in [0.2, 0.25) is 5.91 Å². The van der Waals surface area contributed by atoms with Crippen LogP contribution in [0.2, 0.25) is 0 Å². The van der Waals surface area contributed by atoms with Crippen LogP contribution < -0.4 is 5.73 Å². The quantitative estimate of drug-likeness (QED) is 0.548. The molecule has 1 aromatic carbocycles. The summed E-state index contributed by atoms with van der Waals surface area (Å²) in [5.74, 6) is -1.39. The van der Waals surface area contributed by atoms with Gasteiger partial charge in [-0.25, -0.2) is 4.39 Å². The zero-order valence-electron chi connectivity index (χ0n) is 14.6. The van der Waals surface area contributed by atoms with E-state index in [1.165, 1.54) is 18.3 Å². The second-order valence-corrected chi connectivity index (χ2v) is 5.89. The highest BCUT2D eigenvalue weighted by molar-refractivity contribution is 5.95. The van der Waals surface area contributed by atoms with Crippen LogP contribution in [0.15, 0.2) is 36.5 Å². The number of primary amides is 1. The molecular weight excluding hydrogens is 353 g/mol. The van der Waals surface area contributed by atoms with Gasteiger partial charge in [-0.05, 0) is 38.1 Å². The van der Waals surface area contributed by atoms with E-state index < -0.39 is 16.6 Å². The summed E-state index contributed by atoms with van der Waals surface area (Å²) in [6, 6.07) is 6.54. The molecule has 0 radical (unpaired) electrons. The second-order valence-electron chi connectivity index (χ2n) is 5.89. The SMILES string of the molecule is CCn1nc(C)cc1-c1ncc(-c2cc(C(N)=O)ccc2[N+](=O)[O-])cc1F. The Morgan fingerprint density at radius 3 is 2.67 bits per heavy atom. The first kappa shape index (κ1) is 18.2. The van der Waals surface area contributed by atoms with Gasteiger partial charge in [0.25, 0.3) is 5.69 Å². The molecule has 0 aliphatic carbocycles. The van der Waals surface area contributed by atoms with E-state index in [2.05, 4.69) is 10.1 Å². The number of nitro groups is 1. The van der Waals surface area contributed by atoms with Crippen LogP contribution in [0.3, 0.4) is 0 Å². The summed E-state index contributed by atoms with van der Waals surface area (Å²) in [6.07, 6.45) is 1.33. The number of halogens is 1. The van der Waals surface area contributed by atoms with E-state index in [1.807, 2.05) is 6.92 Å². The van der Waals surface area contributed by atoms with E-state index in [-0.39, 0.29) is 28.1 Å².